The first kappa shape index (κ1) is 12.3. The number of carbonyl (C=O) groups is 1. The van der Waals surface area contributed by atoms with Crippen molar-refractivity contribution in [3.8, 4) is 0 Å². The maximum absolute atomic E-state index is 11.3. The molecule has 2 N–H and O–H groups in total. The minimum atomic E-state index is -1.12. The number of pyridine rings is 1. The number of aryl methyl sites for hydroxylation is 1. The topological polar surface area (TPSA) is 95.9 Å². The first-order chi connectivity index (χ1) is 8.56. The summed E-state index contributed by atoms with van der Waals surface area (Å²) in [5, 5.41) is 9.33. The van der Waals surface area contributed by atoms with Crippen LogP contribution in [0.4, 0.5) is 0 Å². The third-order valence-corrected chi connectivity index (χ3v) is 2.96. The Labute approximate surface area is 106 Å². The number of hydrogen-bond acceptors (Lipinski definition) is 5. The Morgan fingerprint density at radius 2 is 2.28 bits per heavy atom. The van der Waals surface area contributed by atoms with Crippen LogP contribution in [0.3, 0.4) is 0 Å². The van der Waals surface area contributed by atoms with Crippen LogP contribution in [0.25, 0.3) is 0 Å². The summed E-state index contributed by atoms with van der Waals surface area (Å²) in [6, 6.07) is 4.61. The Morgan fingerprint density at radius 1 is 1.50 bits per heavy atom. The molecule has 0 aliphatic heterocycles. The summed E-state index contributed by atoms with van der Waals surface area (Å²) in [6.07, 6.45) is 1.40. The maximum Gasteiger partial charge on any atom is 0.355 e. The molecule has 0 atom stereocenters. The molecule has 2 heterocycles. The Hall–Kier alpha value is -2.15. The van der Waals surface area contributed by atoms with Crippen molar-refractivity contribution in [2.24, 2.45) is 0 Å². The second-order valence-electron chi connectivity index (χ2n) is 3.45. The highest BCUT2D eigenvalue weighted by Gasteiger charge is 2.13. The largest absolute Gasteiger partial charge is 0.476 e. The van der Waals surface area contributed by atoms with Crippen LogP contribution < -0.4 is 5.56 Å². The van der Waals surface area contributed by atoms with Gasteiger partial charge < -0.3 is 10.1 Å². The third-order valence-electron chi connectivity index (χ3n) is 2.03. The number of aromatic amines is 1. The van der Waals surface area contributed by atoms with E-state index >= 15 is 0 Å². The van der Waals surface area contributed by atoms with Crippen molar-refractivity contribution >= 4 is 17.7 Å². The number of nitrogens with zero attached hydrogens (tertiary/aromatic N) is 2. The number of carboxylic acid groups (broad SMARTS) is 1. The lowest BCUT2D eigenvalue weighted by Gasteiger charge is -2.04. The highest BCUT2D eigenvalue weighted by atomic mass is 32.2. The SMILES string of the molecule is Cc1cc(=O)[nH]c(Sc2cccnc2C(=O)O)n1. The van der Waals surface area contributed by atoms with Crippen LogP contribution in [0, 0.1) is 6.92 Å². The van der Waals surface area contributed by atoms with E-state index in [-0.39, 0.29) is 11.3 Å². The lowest BCUT2D eigenvalue weighted by molar-refractivity contribution is 0.0686. The molecule has 2 aromatic heterocycles. The fraction of sp³-hybridized carbons (Fsp3) is 0.0909. The summed E-state index contributed by atoms with van der Waals surface area (Å²) in [6.45, 7) is 1.70. The quantitative estimate of drug-likeness (QED) is 0.811. The molecular weight excluding hydrogens is 254 g/mol. The van der Waals surface area contributed by atoms with Gasteiger partial charge in [-0.05, 0) is 30.8 Å². The number of aromatic nitrogens is 3. The minimum Gasteiger partial charge on any atom is -0.476 e. The second-order valence-corrected chi connectivity index (χ2v) is 4.48. The van der Waals surface area contributed by atoms with Crippen molar-refractivity contribution in [2.75, 3.05) is 0 Å². The van der Waals surface area contributed by atoms with Crippen molar-refractivity contribution in [1.82, 2.24) is 15.0 Å². The van der Waals surface area contributed by atoms with E-state index in [1.165, 1.54) is 12.3 Å². The van der Waals surface area contributed by atoms with Gasteiger partial charge in [-0.2, -0.15) is 0 Å². The molecule has 0 spiro atoms. The molecule has 6 nitrogen and oxygen atoms in total. The van der Waals surface area contributed by atoms with Crippen molar-refractivity contribution in [3.05, 3.63) is 46.1 Å². The van der Waals surface area contributed by atoms with Crippen LogP contribution in [0.5, 0.6) is 0 Å². The summed E-state index contributed by atoms with van der Waals surface area (Å²) in [7, 11) is 0. The first-order valence-corrected chi connectivity index (χ1v) is 5.82. The first-order valence-electron chi connectivity index (χ1n) is 5.00. The summed E-state index contributed by atoms with van der Waals surface area (Å²) >= 11 is 1.06. The Morgan fingerprint density at radius 3 is 2.94 bits per heavy atom. The number of rotatable bonds is 3. The van der Waals surface area contributed by atoms with Gasteiger partial charge in [0.15, 0.2) is 10.9 Å². The molecule has 0 aromatic carbocycles. The average Bonchev–Trinajstić information content (AvgIpc) is 2.27. The van der Waals surface area contributed by atoms with E-state index in [9.17, 15) is 9.59 Å². The van der Waals surface area contributed by atoms with E-state index in [1.807, 2.05) is 0 Å². The molecule has 0 bridgehead atoms. The van der Waals surface area contributed by atoms with Crippen molar-refractivity contribution < 1.29 is 9.90 Å². The number of carboxylic acids is 1. The van der Waals surface area contributed by atoms with E-state index in [1.54, 1.807) is 19.1 Å². The van der Waals surface area contributed by atoms with Gasteiger partial charge in [0.05, 0.1) is 0 Å². The zero-order chi connectivity index (χ0) is 13.1. The number of aromatic carboxylic acids is 1. The molecule has 18 heavy (non-hydrogen) atoms. The van der Waals surface area contributed by atoms with Gasteiger partial charge in [0.1, 0.15) is 0 Å². The molecule has 92 valence electrons. The molecular formula is C11H9N3O3S. The fourth-order valence-electron chi connectivity index (χ4n) is 1.34. The van der Waals surface area contributed by atoms with E-state index in [0.717, 1.165) is 11.8 Å². The molecule has 7 heteroatoms. The smallest absolute Gasteiger partial charge is 0.355 e. The van der Waals surface area contributed by atoms with Gasteiger partial charge in [-0.3, -0.25) is 4.79 Å². The van der Waals surface area contributed by atoms with Crippen molar-refractivity contribution in [3.63, 3.8) is 0 Å². The van der Waals surface area contributed by atoms with E-state index in [4.69, 9.17) is 5.11 Å². The third kappa shape index (κ3) is 2.75. The molecule has 0 fully saturated rings. The van der Waals surface area contributed by atoms with Gasteiger partial charge in [0, 0.05) is 22.9 Å². The van der Waals surface area contributed by atoms with Gasteiger partial charge in [-0.1, -0.05) is 0 Å². The predicted molar refractivity (Wildman–Crippen MR) is 64.9 cm³/mol. The molecule has 0 radical (unpaired) electrons. The van der Waals surface area contributed by atoms with Crippen LogP contribution >= 0.6 is 11.8 Å². The molecule has 0 aliphatic carbocycles. The van der Waals surface area contributed by atoms with Gasteiger partial charge >= 0.3 is 5.97 Å². The highest BCUT2D eigenvalue weighted by Crippen LogP contribution is 2.26. The van der Waals surface area contributed by atoms with Crippen LogP contribution in [-0.2, 0) is 0 Å². The molecule has 0 unspecified atom stereocenters. The zero-order valence-corrected chi connectivity index (χ0v) is 10.2. The fourth-order valence-corrected chi connectivity index (χ4v) is 2.27. The Kier molecular flexibility index (Phi) is 3.42. The lowest BCUT2D eigenvalue weighted by Crippen LogP contribution is -2.08. The summed E-state index contributed by atoms with van der Waals surface area (Å²) in [5.74, 6) is -1.12. The predicted octanol–water partition coefficient (Wildman–Crippen LogP) is 1.32. The minimum absolute atomic E-state index is 0.0633. The van der Waals surface area contributed by atoms with Crippen LogP contribution in [0.2, 0.25) is 0 Å². The second kappa shape index (κ2) is 5.01. The van der Waals surface area contributed by atoms with Gasteiger partial charge in [-0.15, -0.1) is 0 Å². The maximum atomic E-state index is 11.3. The van der Waals surface area contributed by atoms with Gasteiger partial charge in [-0.25, -0.2) is 14.8 Å². The number of hydrogen-bond donors (Lipinski definition) is 2. The van der Waals surface area contributed by atoms with E-state index < -0.39 is 5.97 Å². The Bertz CT molecular complexity index is 654. The standard InChI is InChI=1S/C11H9N3O3S/c1-6-5-8(15)14-11(13-6)18-7-3-2-4-12-9(7)10(16)17/h2-5H,1H3,(H,16,17)(H,13,14,15). The molecule has 0 saturated heterocycles. The normalized spacial score (nSPS) is 10.3. The molecule has 2 aromatic rings. The summed E-state index contributed by atoms with van der Waals surface area (Å²) < 4.78 is 0. The van der Waals surface area contributed by atoms with Crippen molar-refractivity contribution in [1.29, 1.82) is 0 Å². The van der Waals surface area contributed by atoms with Crippen molar-refractivity contribution in [2.45, 2.75) is 17.0 Å². The van der Waals surface area contributed by atoms with Gasteiger partial charge in [0.25, 0.3) is 5.56 Å². The molecule has 0 saturated carbocycles. The lowest BCUT2D eigenvalue weighted by atomic mass is 10.3. The summed E-state index contributed by atoms with van der Waals surface area (Å²) in [4.78, 5) is 33.1. The van der Waals surface area contributed by atoms with E-state index in [2.05, 4.69) is 15.0 Å². The number of nitrogens with one attached hydrogen (secondary N) is 1. The zero-order valence-electron chi connectivity index (χ0n) is 9.38. The van der Waals surface area contributed by atoms with Crippen LogP contribution in [0.15, 0.2) is 39.2 Å². The van der Waals surface area contributed by atoms with Gasteiger partial charge in [0.2, 0.25) is 0 Å². The number of H-pyrrole nitrogens is 1. The van der Waals surface area contributed by atoms with Crippen LogP contribution in [0.1, 0.15) is 16.2 Å². The molecule has 2 rings (SSSR count). The molecule has 0 amide bonds. The highest BCUT2D eigenvalue weighted by molar-refractivity contribution is 7.99. The molecule has 0 aliphatic rings. The van der Waals surface area contributed by atoms with Crippen LogP contribution in [-0.4, -0.2) is 26.0 Å². The summed E-state index contributed by atoms with van der Waals surface area (Å²) in [5.41, 5.74) is 0.236. The Balaban J connectivity index is 2.40. The average molecular weight is 263 g/mol. The van der Waals surface area contributed by atoms with E-state index in [0.29, 0.717) is 15.7 Å². The monoisotopic (exact) mass is 263 g/mol.